The summed E-state index contributed by atoms with van der Waals surface area (Å²) in [6.07, 6.45) is 5.31. The standard InChI is InChI=1S/C15H21NO2S/c1-5-7-14(4)16(12-6-2)19(17,18)15-10-8-13(3)9-11-15/h5-11,14H,2,12H2,1,3-4H3/b7-5+/t14-/m1/s1. The molecule has 4 heteroatoms. The molecule has 19 heavy (non-hydrogen) atoms. The van der Waals surface area contributed by atoms with Crippen molar-refractivity contribution in [1.29, 1.82) is 0 Å². The Kier molecular flexibility index (Phi) is 5.51. The van der Waals surface area contributed by atoms with E-state index in [-0.39, 0.29) is 6.04 Å². The SMILES string of the molecule is C=CCN([C@H](C)/C=C/C)S(=O)(=O)c1ccc(C)cc1. The van der Waals surface area contributed by atoms with E-state index in [4.69, 9.17) is 0 Å². The lowest BCUT2D eigenvalue weighted by atomic mass is 10.2. The van der Waals surface area contributed by atoms with Gasteiger partial charge in [-0.25, -0.2) is 8.42 Å². The smallest absolute Gasteiger partial charge is 0.207 e. The van der Waals surface area contributed by atoms with E-state index in [1.807, 2.05) is 32.9 Å². The van der Waals surface area contributed by atoms with E-state index in [0.29, 0.717) is 11.4 Å². The fourth-order valence-electron chi connectivity index (χ4n) is 1.83. The van der Waals surface area contributed by atoms with Crippen LogP contribution in [0.3, 0.4) is 0 Å². The van der Waals surface area contributed by atoms with Crippen molar-refractivity contribution in [2.24, 2.45) is 0 Å². The highest BCUT2D eigenvalue weighted by Gasteiger charge is 2.26. The molecule has 0 saturated carbocycles. The molecule has 1 atom stereocenters. The van der Waals surface area contributed by atoms with Crippen molar-refractivity contribution in [3.8, 4) is 0 Å². The second kappa shape index (κ2) is 6.68. The van der Waals surface area contributed by atoms with Gasteiger partial charge in [-0.1, -0.05) is 35.9 Å². The number of sulfonamides is 1. The van der Waals surface area contributed by atoms with Crippen molar-refractivity contribution in [3.63, 3.8) is 0 Å². The Balaban J connectivity index is 3.19. The van der Waals surface area contributed by atoms with Crippen molar-refractivity contribution in [3.05, 3.63) is 54.6 Å². The summed E-state index contributed by atoms with van der Waals surface area (Å²) in [5.41, 5.74) is 1.04. The van der Waals surface area contributed by atoms with Gasteiger partial charge in [-0.3, -0.25) is 0 Å². The van der Waals surface area contributed by atoms with Crippen molar-refractivity contribution < 1.29 is 8.42 Å². The zero-order valence-corrected chi connectivity index (χ0v) is 12.5. The molecule has 0 aliphatic rings. The van der Waals surface area contributed by atoms with E-state index in [2.05, 4.69) is 6.58 Å². The summed E-state index contributed by atoms with van der Waals surface area (Å²) >= 11 is 0. The summed E-state index contributed by atoms with van der Waals surface area (Å²) < 4.78 is 26.6. The van der Waals surface area contributed by atoms with E-state index >= 15 is 0 Å². The molecule has 0 spiro atoms. The molecule has 0 amide bonds. The molecule has 104 valence electrons. The van der Waals surface area contributed by atoms with E-state index in [9.17, 15) is 8.42 Å². The average Bonchev–Trinajstić information content (AvgIpc) is 2.36. The van der Waals surface area contributed by atoms with Crippen LogP contribution in [0.2, 0.25) is 0 Å². The minimum atomic E-state index is -3.49. The van der Waals surface area contributed by atoms with Gasteiger partial charge in [-0.05, 0) is 32.9 Å². The largest absolute Gasteiger partial charge is 0.243 e. The molecular weight excluding hydrogens is 258 g/mol. The van der Waals surface area contributed by atoms with Crippen molar-refractivity contribution in [1.82, 2.24) is 4.31 Å². The first kappa shape index (κ1) is 15.7. The Morgan fingerprint density at radius 1 is 1.32 bits per heavy atom. The van der Waals surface area contributed by atoms with Gasteiger partial charge in [0, 0.05) is 12.6 Å². The molecule has 0 aliphatic heterocycles. The third-order valence-corrected chi connectivity index (χ3v) is 4.83. The molecule has 1 aromatic rings. The zero-order valence-electron chi connectivity index (χ0n) is 11.7. The number of benzene rings is 1. The van der Waals surface area contributed by atoms with Gasteiger partial charge >= 0.3 is 0 Å². The first-order valence-electron chi connectivity index (χ1n) is 6.25. The van der Waals surface area contributed by atoms with Crippen molar-refractivity contribution >= 4 is 10.0 Å². The summed E-state index contributed by atoms with van der Waals surface area (Å²) in [5.74, 6) is 0. The second-order valence-electron chi connectivity index (χ2n) is 4.44. The van der Waals surface area contributed by atoms with Crippen LogP contribution in [0.4, 0.5) is 0 Å². The Hall–Kier alpha value is -1.39. The summed E-state index contributed by atoms with van der Waals surface area (Å²) in [4.78, 5) is 0.316. The number of aryl methyl sites for hydroxylation is 1. The van der Waals surface area contributed by atoms with Gasteiger partial charge < -0.3 is 0 Å². The van der Waals surface area contributed by atoms with Gasteiger partial charge in [0.2, 0.25) is 10.0 Å². The monoisotopic (exact) mass is 279 g/mol. The Morgan fingerprint density at radius 2 is 1.89 bits per heavy atom. The number of nitrogens with zero attached hydrogens (tertiary/aromatic N) is 1. The zero-order chi connectivity index (χ0) is 14.5. The van der Waals surface area contributed by atoms with Crippen LogP contribution < -0.4 is 0 Å². The van der Waals surface area contributed by atoms with Gasteiger partial charge in [0.05, 0.1) is 4.90 Å². The molecular formula is C15H21NO2S. The Bertz CT molecular complexity index is 544. The summed E-state index contributed by atoms with van der Waals surface area (Å²) in [6.45, 7) is 9.59. The summed E-state index contributed by atoms with van der Waals surface area (Å²) in [5, 5.41) is 0. The quantitative estimate of drug-likeness (QED) is 0.750. The van der Waals surface area contributed by atoms with Crippen LogP contribution in [0.1, 0.15) is 19.4 Å². The summed E-state index contributed by atoms with van der Waals surface area (Å²) in [6, 6.07) is 6.69. The number of rotatable bonds is 6. The minimum Gasteiger partial charge on any atom is -0.207 e. The van der Waals surface area contributed by atoms with Crippen molar-refractivity contribution in [2.45, 2.75) is 31.7 Å². The molecule has 0 aromatic heterocycles. The van der Waals surface area contributed by atoms with Crippen LogP contribution in [-0.2, 0) is 10.0 Å². The molecule has 3 nitrogen and oxygen atoms in total. The third kappa shape index (κ3) is 3.78. The fourth-order valence-corrected chi connectivity index (χ4v) is 3.39. The minimum absolute atomic E-state index is 0.200. The van der Waals surface area contributed by atoms with Gasteiger partial charge in [0.25, 0.3) is 0 Å². The van der Waals surface area contributed by atoms with Crippen LogP contribution >= 0.6 is 0 Å². The number of hydrogen-bond acceptors (Lipinski definition) is 2. The van der Waals surface area contributed by atoms with Crippen LogP contribution in [0.15, 0.2) is 54.0 Å². The molecule has 0 N–H and O–H groups in total. The maximum absolute atomic E-state index is 12.6. The second-order valence-corrected chi connectivity index (χ2v) is 6.33. The lowest BCUT2D eigenvalue weighted by Gasteiger charge is -2.25. The van der Waals surface area contributed by atoms with E-state index < -0.39 is 10.0 Å². The van der Waals surface area contributed by atoms with E-state index in [1.165, 1.54) is 4.31 Å². The molecule has 0 saturated heterocycles. The lowest BCUT2D eigenvalue weighted by molar-refractivity contribution is 0.408. The van der Waals surface area contributed by atoms with Crippen LogP contribution in [-0.4, -0.2) is 25.3 Å². The first-order chi connectivity index (χ1) is 8.93. The maximum Gasteiger partial charge on any atom is 0.243 e. The molecule has 0 bridgehead atoms. The van der Waals surface area contributed by atoms with Gasteiger partial charge in [0.1, 0.15) is 0 Å². The predicted octanol–water partition coefficient (Wildman–Crippen LogP) is 3.14. The average molecular weight is 279 g/mol. The van der Waals surface area contributed by atoms with Crippen molar-refractivity contribution in [2.75, 3.05) is 6.54 Å². The van der Waals surface area contributed by atoms with Gasteiger partial charge in [0.15, 0.2) is 0 Å². The van der Waals surface area contributed by atoms with E-state index in [1.54, 1.807) is 30.3 Å². The normalized spacial score (nSPS) is 13.9. The Labute approximate surface area is 116 Å². The molecule has 0 fully saturated rings. The predicted molar refractivity (Wildman–Crippen MR) is 79.5 cm³/mol. The topological polar surface area (TPSA) is 37.4 Å². The molecule has 0 radical (unpaired) electrons. The van der Waals surface area contributed by atoms with Crippen LogP contribution in [0, 0.1) is 6.92 Å². The number of allylic oxidation sites excluding steroid dienone is 1. The van der Waals surface area contributed by atoms with Crippen LogP contribution in [0.25, 0.3) is 0 Å². The maximum atomic E-state index is 12.6. The molecule has 1 rings (SSSR count). The molecule has 0 unspecified atom stereocenters. The lowest BCUT2D eigenvalue weighted by Crippen LogP contribution is -2.37. The molecule has 1 aromatic carbocycles. The van der Waals surface area contributed by atoms with Gasteiger partial charge in [-0.2, -0.15) is 4.31 Å². The fraction of sp³-hybridized carbons (Fsp3) is 0.333. The molecule has 0 heterocycles. The molecule has 0 aliphatic carbocycles. The van der Waals surface area contributed by atoms with E-state index in [0.717, 1.165) is 5.56 Å². The van der Waals surface area contributed by atoms with Gasteiger partial charge in [-0.15, -0.1) is 6.58 Å². The highest BCUT2D eigenvalue weighted by molar-refractivity contribution is 7.89. The summed E-state index contributed by atoms with van der Waals surface area (Å²) in [7, 11) is -3.49. The third-order valence-electron chi connectivity index (χ3n) is 2.86. The van der Waals surface area contributed by atoms with Crippen LogP contribution in [0.5, 0.6) is 0 Å². The highest BCUT2D eigenvalue weighted by atomic mass is 32.2. The Morgan fingerprint density at radius 3 is 2.37 bits per heavy atom. The first-order valence-corrected chi connectivity index (χ1v) is 7.69. The number of hydrogen-bond donors (Lipinski definition) is 0. The highest BCUT2D eigenvalue weighted by Crippen LogP contribution is 2.19.